The smallest absolute Gasteiger partial charge is 0.413 e. The summed E-state index contributed by atoms with van der Waals surface area (Å²) in [6.07, 6.45) is -3.19. The van der Waals surface area contributed by atoms with Gasteiger partial charge in [0.25, 0.3) is 0 Å². The third-order valence-corrected chi connectivity index (χ3v) is 7.36. The molecule has 1 heterocycles. The van der Waals surface area contributed by atoms with Crippen molar-refractivity contribution in [3.05, 3.63) is 54.1 Å². The van der Waals surface area contributed by atoms with Crippen LogP contribution in [-0.2, 0) is 21.2 Å². The number of hydrogen-bond acceptors (Lipinski definition) is 7. The number of fused-ring (bicyclic) bond motifs is 1. The fraction of sp³-hybridized carbons (Fsp3) is 0.375. The monoisotopic (exact) mass is 533 g/mol. The molecular weight excluding hydrogens is 502 g/mol. The van der Waals surface area contributed by atoms with Crippen LogP contribution < -0.4 is 10.6 Å². The van der Waals surface area contributed by atoms with Crippen LogP contribution in [0, 0.1) is 5.92 Å². The summed E-state index contributed by atoms with van der Waals surface area (Å²) in [6, 6.07) is 12.3. The molecule has 0 aliphatic heterocycles. The molecule has 2 aromatic carbocycles. The zero-order valence-corrected chi connectivity index (χ0v) is 21.5. The molecule has 12 nitrogen and oxygen atoms in total. The Kier molecular flexibility index (Phi) is 9.08. The Labute approximate surface area is 214 Å². The molecule has 2 atom stereocenters. The molecule has 3 aromatic rings. The van der Waals surface area contributed by atoms with Crippen LogP contribution in [0.4, 0.5) is 15.5 Å². The van der Waals surface area contributed by atoms with E-state index in [4.69, 9.17) is 0 Å². The number of methoxy groups -OCH3 is 1. The standard InChI is InChI=1S/C24H31N5O7S/c1-15(2)13-29(14-21(30)20(27-23(31)32)11-16-7-5-4-6-8-16)37(34,35)17-9-10-18-19(12-17)26-22(25-18)28-24(33)36-3/h4-10,12,15,20-21,27,30H,11,13-14H2,1-3H3,(H,31,32)(H2,25,26,28,33)/t20-,21+/m0/s1. The third-order valence-electron chi connectivity index (χ3n) is 5.53. The predicted octanol–water partition coefficient (Wildman–Crippen LogP) is 2.63. The van der Waals surface area contributed by atoms with E-state index in [0.29, 0.717) is 11.0 Å². The number of rotatable bonds is 11. The number of benzene rings is 2. The Balaban J connectivity index is 1.88. The van der Waals surface area contributed by atoms with Crippen molar-refractivity contribution in [1.82, 2.24) is 19.6 Å². The Hall–Kier alpha value is -3.68. The number of aromatic amines is 1. The van der Waals surface area contributed by atoms with E-state index in [0.717, 1.165) is 9.87 Å². The molecule has 37 heavy (non-hydrogen) atoms. The van der Waals surface area contributed by atoms with Gasteiger partial charge in [0, 0.05) is 13.1 Å². The molecule has 5 N–H and O–H groups in total. The van der Waals surface area contributed by atoms with E-state index >= 15 is 0 Å². The quantitative estimate of drug-likeness (QED) is 0.250. The number of nitrogens with one attached hydrogen (secondary N) is 3. The maximum atomic E-state index is 13.6. The van der Waals surface area contributed by atoms with E-state index in [-0.39, 0.29) is 36.3 Å². The third kappa shape index (κ3) is 7.41. The number of aliphatic hydroxyl groups is 1. The summed E-state index contributed by atoms with van der Waals surface area (Å²) in [5.41, 5.74) is 1.58. The predicted molar refractivity (Wildman–Crippen MR) is 137 cm³/mol. The maximum Gasteiger partial charge on any atom is 0.413 e. The molecule has 0 spiro atoms. The Bertz CT molecular complexity index is 1330. The molecule has 2 amide bonds. The highest BCUT2D eigenvalue weighted by atomic mass is 32.2. The Morgan fingerprint density at radius 1 is 1.14 bits per heavy atom. The van der Waals surface area contributed by atoms with Crippen molar-refractivity contribution >= 4 is 39.2 Å². The summed E-state index contributed by atoms with van der Waals surface area (Å²) in [5.74, 6) is 0.0167. The number of carboxylic acid groups (broad SMARTS) is 1. The summed E-state index contributed by atoms with van der Waals surface area (Å²) in [4.78, 5) is 29.8. The first-order valence-electron chi connectivity index (χ1n) is 11.6. The zero-order valence-electron chi connectivity index (χ0n) is 20.7. The topological polar surface area (TPSA) is 174 Å². The van der Waals surface area contributed by atoms with Gasteiger partial charge < -0.3 is 25.3 Å². The van der Waals surface area contributed by atoms with E-state index in [9.17, 15) is 28.2 Å². The Morgan fingerprint density at radius 3 is 2.46 bits per heavy atom. The number of sulfonamides is 1. The van der Waals surface area contributed by atoms with Crippen LogP contribution in [0.1, 0.15) is 19.4 Å². The van der Waals surface area contributed by atoms with Crippen LogP contribution in [0.25, 0.3) is 11.0 Å². The van der Waals surface area contributed by atoms with E-state index in [2.05, 4.69) is 25.3 Å². The van der Waals surface area contributed by atoms with Crippen molar-refractivity contribution in [3.8, 4) is 0 Å². The molecule has 0 saturated heterocycles. The average Bonchev–Trinajstić information content (AvgIpc) is 3.24. The van der Waals surface area contributed by atoms with Crippen molar-refractivity contribution in [1.29, 1.82) is 0 Å². The lowest BCUT2D eigenvalue weighted by Gasteiger charge is -2.30. The molecule has 0 aliphatic carbocycles. The van der Waals surface area contributed by atoms with E-state index < -0.39 is 34.4 Å². The van der Waals surface area contributed by atoms with Gasteiger partial charge in [-0.25, -0.2) is 23.0 Å². The number of nitrogens with zero attached hydrogens (tertiary/aromatic N) is 2. The van der Waals surface area contributed by atoms with Crippen LogP contribution in [0.2, 0.25) is 0 Å². The van der Waals surface area contributed by atoms with Gasteiger partial charge in [0.1, 0.15) is 0 Å². The summed E-state index contributed by atoms with van der Waals surface area (Å²) in [6.45, 7) is 3.46. The number of carbonyl (C=O) groups excluding carboxylic acids is 1. The lowest BCUT2D eigenvalue weighted by Crippen LogP contribution is -2.50. The lowest BCUT2D eigenvalue weighted by atomic mass is 10.0. The second-order valence-electron chi connectivity index (χ2n) is 8.91. The normalized spacial score (nSPS) is 13.5. The average molecular weight is 534 g/mol. The number of imidazole rings is 1. The number of ether oxygens (including phenoxy) is 1. The van der Waals surface area contributed by atoms with Gasteiger partial charge in [-0.1, -0.05) is 44.2 Å². The van der Waals surface area contributed by atoms with Crippen molar-refractivity contribution in [3.63, 3.8) is 0 Å². The molecule has 0 bridgehead atoms. The molecule has 0 fully saturated rings. The SMILES string of the molecule is COC(=O)Nc1nc2ccc(S(=O)(=O)N(CC(C)C)C[C@@H](O)[C@H](Cc3ccccc3)NC(=O)O)cc2[nH]1. The van der Waals surface area contributed by atoms with Gasteiger partial charge in [-0.15, -0.1) is 0 Å². The molecular formula is C24H31N5O7S. The second kappa shape index (κ2) is 12.0. The number of anilines is 1. The van der Waals surface area contributed by atoms with Gasteiger partial charge in [-0.05, 0) is 36.1 Å². The molecule has 0 unspecified atom stereocenters. The van der Waals surface area contributed by atoms with Crippen LogP contribution in [0.3, 0.4) is 0 Å². The van der Waals surface area contributed by atoms with Gasteiger partial charge in [0.05, 0.1) is 35.2 Å². The highest BCUT2D eigenvalue weighted by molar-refractivity contribution is 7.89. The lowest BCUT2D eigenvalue weighted by molar-refractivity contribution is 0.0980. The van der Waals surface area contributed by atoms with Crippen molar-refractivity contribution < 1.29 is 33.0 Å². The number of aliphatic hydroxyl groups excluding tert-OH is 1. The number of H-pyrrole nitrogens is 1. The maximum absolute atomic E-state index is 13.6. The van der Waals surface area contributed by atoms with E-state index in [1.54, 1.807) is 24.3 Å². The zero-order chi connectivity index (χ0) is 27.2. The van der Waals surface area contributed by atoms with Gasteiger partial charge in [0.2, 0.25) is 16.0 Å². The molecule has 0 aliphatic rings. The summed E-state index contributed by atoms with van der Waals surface area (Å²) in [7, 11) is -2.89. The summed E-state index contributed by atoms with van der Waals surface area (Å²) < 4.78 is 33.0. The van der Waals surface area contributed by atoms with Crippen LogP contribution in [-0.4, -0.2) is 77.4 Å². The van der Waals surface area contributed by atoms with E-state index in [1.807, 2.05) is 19.9 Å². The molecule has 0 saturated carbocycles. The molecule has 13 heteroatoms. The summed E-state index contributed by atoms with van der Waals surface area (Å²) >= 11 is 0. The first-order valence-corrected chi connectivity index (χ1v) is 13.0. The fourth-order valence-corrected chi connectivity index (χ4v) is 5.48. The largest absolute Gasteiger partial charge is 0.465 e. The number of carbonyl (C=O) groups is 2. The van der Waals surface area contributed by atoms with Gasteiger partial charge >= 0.3 is 12.2 Å². The Morgan fingerprint density at radius 2 is 1.84 bits per heavy atom. The van der Waals surface area contributed by atoms with Crippen LogP contribution in [0.15, 0.2) is 53.4 Å². The van der Waals surface area contributed by atoms with Gasteiger partial charge in [-0.2, -0.15) is 4.31 Å². The minimum Gasteiger partial charge on any atom is -0.465 e. The first kappa shape index (κ1) is 27.9. The van der Waals surface area contributed by atoms with Gasteiger partial charge in [0.15, 0.2) is 0 Å². The van der Waals surface area contributed by atoms with E-state index in [1.165, 1.54) is 25.3 Å². The minimum atomic E-state index is -4.10. The molecule has 3 rings (SSSR count). The van der Waals surface area contributed by atoms with Gasteiger partial charge in [-0.3, -0.25) is 5.32 Å². The van der Waals surface area contributed by atoms with Crippen LogP contribution in [0.5, 0.6) is 0 Å². The van der Waals surface area contributed by atoms with Crippen molar-refractivity contribution in [2.45, 2.75) is 37.3 Å². The second-order valence-corrected chi connectivity index (χ2v) is 10.8. The minimum absolute atomic E-state index is 0.0491. The highest BCUT2D eigenvalue weighted by Crippen LogP contribution is 2.23. The van der Waals surface area contributed by atoms with Crippen LogP contribution >= 0.6 is 0 Å². The number of amides is 2. The van der Waals surface area contributed by atoms with Crippen molar-refractivity contribution in [2.75, 3.05) is 25.5 Å². The molecule has 1 aromatic heterocycles. The fourth-order valence-electron chi connectivity index (χ4n) is 3.83. The summed E-state index contributed by atoms with van der Waals surface area (Å²) in [5, 5.41) is 25.0. The molecule has 200 valence electrons. The first-order chi connectivity index (χ1) is 17.5. The number of aromatic nitrogens is 2. The number of hydrogen-bond donors (Lipinski definition) is 5. The highest BCUT2D eigenvalue weighted by Gasteiger charge is 2.31. The van der Waals surface area contributed by atoms with Crippen molar-refractivity contribution in [2.24, 2.45) is 5.92 Å². The molecule has 0 radical (unpaired) electrons.